The van der Waals surface area contributed by atoms with Crippen molar-refractivity contribution in [1.29, 1.82) is 0 Å². The van der Waals surface area contributed by atoms with Crippen LogP contribution in [0.2, 0.25) is 0 Å². The van der Waals surface area contributed by atoms with E-state index in [-0.39, 0.29) is 29.6 Å². The lowest BCUT2D eigenvalue weighted by Crippen LogP contribution is -2.49. The molecule has 2 rings (SSSR count). The van der Waals surface area contributed by atoms with E-state index in [1.165, 1.54) is 5.57 Å². The van der Waals surface area contributed by atoms with Crippen molar-refractivity contribution in [1.82, 2.24) is 10.6 Å². The molecule has 4 N–H and O–H groups in total. The van der Waals surface area contributed by atoms with Gasteiger partial charge in [0.05, 0.1) is 18.6 Å². The highest BCUT2D eigenvalue weighted by atomic mass is 16.2. The normalized spacial score (nSPS) is 21.1. The zero-order valence-electron chi connectivity index (χ0n) is 14.0. The van der Waals surface area contributed by atoms with Crippen LogP contribution in [-0.2, 0) is 14.4 Å². The Morgan fingerprint density at radius 3 is 2.57 bits per heavy atom. The van der Waals surface area contributed by atoms with Crippen LogP contribution in [0, 0.1) is 5.41 Å². The Labute approximate surface area is 137 Å². The van der Waals surface area contributed by atoms with Crippen molar-refractivity contribution < 1.29 is 14.4 Å². The molecule has 0 aromatic rings. The lowest BCUT2D eigenvalue weighted by Gasteiger charge is -2.22. The van der Waals surface area contributed by atoms with Gasteiger partial charge in [0.25, 0.3) is 0 Å². The summed E-state index contributed by atoms with van der Waals surface area (Å²) in [5.41, 5.74) is 6.40. The van der Waals surface area contributed by atoms with E-state index in [4.69, 9.17) is 5.73 Å². The summed E-state index contributed by atoms with van der Waals surface area (Å²) in [4.78, 5) is 36.1. The standard InChI is InChI=1S/C17H27N3O3/c1-11(18)16(23)19-10-14(21)20-13(9-12-5-3-4-6-12)15(22)17(2)7-8-17/h5,11,13H,3-4,6-10,18H2,1-2H3,(H,19,23)(H,20,21). The number of hydrogen-bond donors (Lipinski definition) is 3. The molecule has 0 radical (unpaired) electrons. The minimum absolute atomic E-state index is 0.108. The van der Waals surface area contributed by atoms with E-state index in [0.717, 1.165) is 32.1 Å². The summed E-state index contributed by atoms with van der Waals surface area (Å²) in [6.07, 6.45) is 7.69. The van der Waals surface area contributed by atoms with E-state index in [0.29, 0.717) is 6.42 Å². The molecule has 6 heteroatoms. The largest absolute Gasteiger partial charge is 0.346 e. The summed E-state index contributed by atoms with van der Waals surface area (Å²) in [7, 11) is 0. The van der Waals surface area contributed by atoms with Gasteiger partial charge in [0.1, 0.15) is 0 Å². The molecule has 0 spiro atoms. The minimum atomic E-state index is -0.658. The number of ketones is 1. The van der Waals surface area contributed by atoms with Gasteiger partial charge >= 0.3 is 0 Å². The molecule has 128 valence electrons. The zero-order chi connectivity index (χ0) is 17.0. The van der Waals surface area contributed by atoms with E-state index in [1.54, 1.807) is 6.92 Å². The summed E-state index contributed by atoms with van der Waals surface area (Å²) in [6, 6.07) is -1.15. The summed E-state index contributed by atoms with van der Waals surface area (Å²) in [6.45, 7) is 3.36. The first kappa shape index (κ1) is 17.7. The topological polar surface area (TPSA) is 101 Å². The highest BCUT2D eigenvalue weighted by Crippen LogP contribution is 2.47. The molecule has 2 unspecified atom stereocenters. The summed E-state index contributed by atoms with van der Waals surface area (Å²) >= 11 is 0. The van der Waals surface area contributed by atoms with Gasteiger partial charge in [-0.1, -0.05) is 18.6 Å². The highest BCUT2D eigenvalue weighted by molar-refractivity contribution is 5.95. The Hall–Kier alpha value is -1.69. The number of nitrogens with two attached hydrogens (primary N) is 1. The average molecular weight is 321 g/mol. The van der Waals surface area contributed by atoms with Crippen LogP contribution in [0.15, 0.2) is 11.6 Å². The predicted octanol–water partition coefficient (Wildman–Crippen LogP) is 0.804. The summed E-state index contributed by atoms with van der Waals surface area (Å²) in [5.74, 6) is -0.618. The van der Waals surface area contributed by atoms with Gasteiger partial charge in [-0.3, -0.25) is 14.4 Å². The minimum Gasteiger partial charge on any atom is -0.346 e. The van der Waals surface area contributed by atoms with Crippen molar-refractivity contribution >= 4 is 17.6 Å². The molecule has 1 saturated carbocycles. The van der Waals surface area contributed by atoms with Gasteiger partial charge in [0.2, 0.25) is 11.8 Å². The van der Waals surface area contributed by atoms with Crippen LogP contribution < -0.4 is 16.4 Å². The van der Waals surface area contributed by atoms with Gasteiger partial charge in [-0.15, -0.1) is 0 Å². The molecule has 0 bridgehead atoms. The molecule has 2 aliphatic carbocycles. The maximum Gasteiger partial charge on any atom is 0.239 e. The molecule has 0 aliphatic heterocycles. The number of nitrogens with one attached hydrogen (secondary N) is 2. The quantitative estimate of drug-likeness (QED) is 0.576. The monoisotopic (exact) mass is 321 g/mol. The maximum absolute atomic E-state index is 12.6. The third-order valence-corrected chi connectivity index (χ3v) is 4.68. The van der Waals surface area contributed by atoms with Crippen molar-refractivity contribution in [3.05, 3.63) is 11.6 Å². The predicted molar refractivity (Wildman–Crippen MR) is 87.5 cm³/mol. The first-order chi connectivity index (χ1) is 10.8. The van der Waals surface area contributed by atoms with Crippen molar-refractivity contribution in [3.63, 3.8) is 0 Å². The van der Waals surface area contributed by atoms with Crippen LogP contribution in [0.5, 0.6) is 0 Å². The Morgan fingerprint density at radius 1 is 1.35 bits per heavy atom. The van der Waals surface area contributed by atoms with Gasteiger partial charge in [-0.2, -0.15) is 0 Å². The van der Waals surface area contributed by atoms with Crippen LogP contribution >= 0.6 is 0 Å². The van der Waals surface area contributed by atoms with Gasteiger partial charge in [-0.25, -0.2) is 0 Å². The zero-order valence-corrected chi connectivity index (χ0v) is 14.0. The van der Waals surface area contributed by atoms with Gasteiger partial charge in [0, 0.05) is 5.41 Å². The molecule has 6 nitrogen and oxygen atoms in total. The molecule has 0 aromatic heterocycles. The fraction of sp³-hybridized carbons (Fsp3) is 0.706. The average Bonchev–Trinajstić information content (AvgIpc) is 3.05. The number of amides is 2. The van der Waals surface area contributed by atoms with Crippen molar-refractivity contribution in [2.75, 3.05) is 6.54 Å². The molecule has 2 atom stereocenters. The molecular weight excluding hydrogens is 294 g/mol. The fourth-order valence-corrected chi connectivity index (χ4v) is 2.82. The molecular formula is C17H27N3O3. The molecule has 0 aromatic carbocycles. The summed E-state index contributed by atoms with van der Waals surface area (Å²) < 4.78 is 0. The number of Topliss-reactive ketones (excluding diaryl/α,β-unsaturated/α-hetero) is 1. The third kappa shape index (κ3) is 4.89. The van der Waals surface area contributed by atoms with E-state index in [9.17, 15) is 14.4 Å². The van der Waals surface area contributed by atoms with E-state index in [1.807, 2.05) is 6.92 Å². The molecule has 23 heavy (non-hydrogen) atoms. The Bertz CT molecular complexity index is 521. The molecule has 2 aliphatic rings. The molecule has 0 heterocycles. The Kier molecular flexibility index (Phi) is 5.57. The highest BCUT2D eigenvalue weighted by Gasteiger charge is 2.47. The van der Waals surface area contributed by atoms with Crippen LogP contribution in [0.1, 0.15) is 52.4 Å². The second-order valence-electron chi connectivity index (χ2n) is 7.01. The van der Waals surface area contributed by atoms with Gasteiger partial charge in [-0.05, 0) is 45.4 Å². The van der Waals surface area contributed by atoms with Crippen LogP contribution in [-0.4, -0.2) is 36.2 Å². The van der Waals surface area contributed by atoms with Crippen LogP contribution in [0.3, 0.4) is 0 Å². The first-order valence-electron chi connectivity index (χ1n) is 8.37. The van der Waals surface area contributed by atoms with Crippen LogP contribution in [0.25, 0.3) is 0 Å². The summed E-state index contributed by atoms with van der Waals surface area (Å²) in [5, 5.41) is 5.27. The van der Waals surface area contributed by atoms with Crippen molar-refractivity contribution in [2.45, 2.75) is 64.5 Å². The van der Waals surface area contributed by atoms with E-state index in [2.05, 4.69) is 16.7 Å². The Balaban J connectivity index is 1.92. The SMILES string of the molecule is CC(N)C(=O)NCC(=O)NC(CC1=CCCC1)C(=O)C1(C)CC1. The lowest BCUT2D eigenvalue weighted by atomic mass is 9.92. The number of rotatable bonds is 8. The second kappa shape index (κ2) is 7.25. The van der Waals surface area contributed by atoms with Crippen molar-refractivity contribution in [2.24, 2.45) is 11.1 Å². The van der Waals surface area contributed by atoms with Crippen LogP contribution in [0.4, 0.5) is 0 Å². The first-order valence-corrected chi connectivity index (χ1v) is 8.37. The molecule has 0 saturated heterocycles. The third-order valence-electron chi connectivity index (χ3n) is 4.68. The second-order valence-corrected chi connectivity index (χ2v) is 7.01. The van der Waals surface area contributed by atoms with E-state index >= 15 is 0 Å². The number of hydrogen-bond acceptors (Lipinski definition) is 4. The molecule has 2 amide bonds. The lowest BCUT2D eigenvalue weighted by molar-refractivity contribution is -0.131. The van der Waals surface area contributed by atoms with Gasteiger partial charge in [0.15, 0.2) is 5.78 Å². The number of carbonyl (C=O) groups is 3. The maximum atomic E-state index is 12.6. The number of carbonyl (C=O) groups excluding carboxylic acids is 3. The molecule has 1 fully saturated rings. The number of allylic oxidation sites excluding steroid dienone is 1. The Morgan fingerprint density at radius 2 is 2.04 bits per heavy atom. The van der Waals surface area contributed by atoms with E-state index < -0.39 is 12.1 Å². The van der Waals surface area contributed by atoms with Gasteiger partial charge < -0.3 is 16.4 Å². The fourth-order valence-electron chi connectivity index (χ4n) is 2.82. The van der Waals surface area contributed by atoms with Crippen molar-refractivity contribution in [3.8, 4) is 0 Å². The smallest absolute Gasteiger partial charge is 0.239 e.